The minimum atomic E-state index is 0.461. The van der Waals surface area contributed by atoms with Gasteiger partial charge in [-0.3, -0.25) is 4.98 Å². The van der Waals surface area contributed by atoms with Gasteiger partial charge in [0.2, 0.25) is 0 Å². The van der Waals surface area contributed by atoms with Crippen LogP contribution in [-0.2, 0) is 6.54 Å². The predicted octanol–water partition coefficient (Wildman–Crippen LogP) is 2.85. The molecule has 1 rings (SSSR count). The lowest BCUT2D eigenvalue weighted by atomic mass is 10.0. The SMILES string of the molecule is CC(C)CC(C)N(C)c1cncc(CNC(C)C)n1. The van der Waals surface area contributed by atoms with Gasteiger partial charge in [-0.05, 0) is 19.3 Å². The normalized spacial score (nSPS) is 13.1. The molecule has 0 amide bonds. The van der Waals surface area contributed by atoms with E-state index < -0.39 is 0 Å². The second kappa shape index (κ2) is 7.43. The molecule has 0 aliphatic heterocycles. The van der Waals surface area contributed by atoms with Crippen molar-refractivity contribution in [2.24, 2.45) is 5.92 Å². The summed E-state index contributed by atoms with van der Waals surface area (Å²) in [5, 5.41) is 3.37. The van der Waals surface area contributed by atoms with Gasteiger partial charge < -0.3 is 10.2 Å². The Labute approximate surface area is 117 Å². The van der Waals surface area contributed by atoms with Crippen LogP contribution in [0.25, 0.3) is 0 Å². The monoisotopic (exact) mass is 264 g/mol. The Morgan fingerprint density at radius 1 is 1.16 bits per heavy atom. The zero-order valence-electron chi connectivity index (χ0n) is 13.1. The third kappa shape index (κ3) is 5.55. The van der Waals surface area contributed by atoms with Crippen molar-refractivity contribution < 1.29 is 0 Å². The molecule has 0 aliphatic carbocycles. The van der Waals surface area contributed by atoms with Gasteiger partial charge in [0.05, 0.1) is 11.9 Å². The average Bonchev–Trinajstić information content (AvgIpc) is 2.35. The van der Waals surface area contributed by atoms with Gasteiger partial charge >= 0.3 is 0 Å². The maximum Gasteiger partial charge on any atom is 0.147 e. The lowest BCUT2D eigenvalue weighted by molar-refractivity contribution is 0.501. The summed E-state index contributed by atoms with van der Waals surface area (Å²) in [5.74, 6) is 1.65. The maximum absolute atomic E-state index is 4.67. The fourth-order valence-corrected chi connectivity index (χ4v) is 2.02. The molecule has 4 nitrogen and oxygen atoms in total. The highest BCUT2D eigenvalue weighted by atomic mass is 15.2. The first-order valence-electron chi connectivity index (χ1n) is 7.17. The smallest absolute Gasteiger partial charge is 0.147 e. The molecule has 0 saturated heterocycles. The van der Waals surface area contributed by atoms with Crippen molar-refractivity contribution in [2.45, 2.75) is 59.7 Å². The van der Waals surface area contributed by atoms with Gasteiger partial charge in [-0.1, -0.05) is 27.7 Å². The molecule has 108 valence electrons. The van der Waals surface area contributed by atoms with Crippen molar-refractivity contribution in [1.82, 2.24) is 15.3 Å². The summed E-state index contributed by atoms with van der Waals surface area (Å²) >= 11 is 0. The third-order valence-electron chi connectivity index (χ3n) is 3.20. The summed E-state index contributed by atoms with van der Waals surface area (Å²) in [6.45, 7) is 11.8. The zero-order chi connectivity index (χ0) is 14.4. The summed E-state index contributed by atoms with van der Waals surface area (Å²) < 4.78 is 0. The summed E-state index contributed by atoms with van der Waals surface area (Å²) in [6, 6.07) is 0.936. The minimum absolute atomic E-state index is 0.461. The number of aromatic nitrogens is 2. The molecule has 4 heteroatoms. The summed E-state index contributed by atoms with van der Waals surface area (Å²) in [4.78, 5) is 11.2. The number of hydrogen-bond donors (Lipinski definition) is 1. The third-order valence-corrected chi connectivity index (χ3v) is 3.20. The Balaban J connectivity index is 2.69. The molecule has 0 radical (unpaired) electrons. The van der Waals surface area contributed by atoms with E-state index in [-0.39, 0.29) is 0 Å². The van der Waals surface area contributed by atoms with Crippen LogP contribution in [-0.4, -0.2) is 29.1 Å². The second-order valence-electron chi connectivity index (χ2n) is 5.99. The van der Waals surface area contributed by atoms with Gasteiger partial charge in [-0.25, -0.2) is 4.98 Å². The van der Waals surface area contributed by atoms with E-state index >= 15 is 0 Å². The van der Waals surface area contributed by atoms with E-state index in [1.54, 1.807) is 0 Å². The zero-order valence-corrected chi connectivity index (χ0v) is 13.1. The van der Waals surface area contributed by atoms with Gasteiger partial charge in [-0.2, -0.15) is 0 Å². The first-order valence-corrected chi connectivity index (χ1v) is 7.17. The molecular formula is C15H28N4. The first-order chi connectivity index (χ1) is 8.90. The molecule has 1 aromatic heterocycles. The van der Waals surface area contributed by atoms with Crippen LogP contribution in [0.4, 0.5) is 5.82 Å². The van der Waals surface area contributed by atoms with E-state index in [2.05, 4.69) is 61.9 Å². The van der Waals surface area contributed by atoms with E-state index in [1.807, 2.05) is 12.4 Å². The van der Waals surface area contributed by atoms with Gasteiger partial charge in [0, 0.05) is 31.9 Å². The lowest BCUT2D eigenvalue weighted by Crippen LogP contribution is -2.31. The first kappa shape index (κ1) is 15.9. The number of hydrogen-bond acceptors (Lipinski definition) is 4. The van der Waals surface area contributed by atoms with Gasteiger partial charge in [-0.15, -0.1) is 0 Å². The Hall–Kier alpha value is -1.16. The number of rotatable bonds is 7. The van der Waals surface area contributed by atoms with Crippen LogP contribution in [0.5, 0.6) is 0 Å². The molecule has 19 heavy (non-hydrogen) atoms. The summed E-state index contributed by atoms with van der Waals surface area (Å²) in [6.07, 6.45) is 4.84. The van der Waals surface area contributed by atoms with Crippen LogP contribution < -0.4 is 10.2 Å². The largest absolute Gasteiger partial charge is 0.356 e. The number of nitrogens with zero attached hydrogens (tertiary/aromatic N) is 3. The van der Waals surface area contributed by atoms with E-state index in [1.165, 1.54) is 0 Å². The second-order valence-corrected chi connectivity index (χ2v) is 5.99. The van der Waals surface area contributed by atoms with Crippen LogP contribution in [0.1, 0.15) is 46.7 Å². The van der Waals surface area contributed by atoms with Crippen molar-refractivity contribution in [1.29, 1.82) is 0 Å². The number of nitrogens with one attached hydrogen (secondary N) is 1. The van der Waals surface area contributed by atoms with Crippen LogP contribution in [0.3, 0.4) is 0 Å². The predicted molar refractivity (Wildman–Crippen MR) is 81.3 cm³/mol. The Bertz CT molecular complexity index is 376. The van der Waals surface area contributed by atoms with Crippen molar-refractivity contribution in [2.75, 3.05) is 11.9 Å². The molecule has 0 bridgehead atoms. The summed E-state index contributed by atoms with van der Waals surface area (Å²) in [7, 11) is 2.09. The molecule has 0 aliphatic rings. The average molecular weight is 264 g/mol. The van der Waals surface area contributed by atoms with E-state index in [4.69, 9.17) is 0 Å². The van der Waals surface area contributed by atoms with Crippen molar-refractivity contribution in [3.05, 3.63) is 18.1 Å². The van der Waals surface area contributed by atoms with Crippen molar-refractivity contribution in [3.63, 3.8) is 0 Å². The standard InChI is InChI=1S/C15H28N4/c1-11(2)7-13(5)19(6)15-10-16-8-14(18-15)9-17-12(3)4/h8,10-13,17H,7,9H2,1-6H3. The maximum atomic E-state index is 4.67. The molecule has 0 fully saturated rings. The molecule has 0 spiro atoms. The Morgan fingerprint density at radius 3 is 2.42 bits per heavy atom. The minimum Gasteiger partial charge on any atom is -0.356 e. The lowest BCUT2D eigenvalue weighted by Gasteiger charge is -2.27. The summed E-state index contributed by atoms with van der Waals surface area (Å²) in [5.41, 5.74) is 0.995. The van der Waals surface area contributed by atoms with Gasteiger partial charge in [0.15, 0.2) is 0 Å². The van der Waals surface area contributed by atoms with Crippen LogP contribution in [0.15, 0.2) is 12.4 Å². The molecule has 0 aromatic carbocycles. The highest BCUT2D eigenvalue weighted by Crippen LogP contribution is 2.16. The highest BCUT2D eigenvalue weighted by Gasteiger charge is 2.13. The molecule has 1 aromatic rings. The Morgan fingerprint density at radius 2 is 1.84 bits per heavy atom. The molecule has 1 unspecified atom stereocenters. The van der Waals surface area contributed by atoms with E-state index in [9.17, 15) is 0 Å². The molecule has 1 atom stereocenters. The quantitative estimate of drug-likeness (QED) is 0.822. The van der Waals surface area contributed by atoms with Gasteiger partial charge in [0.25, 0.3) is 0 Å². The van der Waals surface area contributed by atoms with Crippen LogP contribution in [0.2, 0.25) is 0 Å². The van der Waals surface area contributed by atoms with Crippen LogP contribution in [0, 0.1) is 5.92 Å². The fourth-order valence-electron chi connectivity index (χ4n) is 2.02. The van der Waals surface area contributed by atoms with Gasteiger partial charge in [0.1, 0.15) is 5.82 Å². The molecule has 0 saturated carbocycles. The molecular weight excluding hydrogens is 236 g/mol. The van der Waals surface area contributed by atoms with Crippen molar-refractivity contribution >= 4 is 5.82 Å². The fraction of sp³-hybridized carbons (Fsp3) is 0.733. The highest BCUT2D eigenvalue weighted by molar-refractivity contribution is 5.36. The molecule has 1 heterocycles. The Kier molecular flexibility index (Phi) is 6.22. The topological polar surface area (TPSA) is 41.1 Å². The number of anilines is 1. The molecule has 1 N–H and O–H groups in total. The van der Waals surface area contributed by atoms with Crippen molar-refractivity contribution in [3.8, 4) is 0 Å². The van der Waals surface area contributed by atoms with E-state index in [0.29, 0.717) is 18.0 Å². The van der Waals surface area contributed by atoms with E-state index in [0.717, 1.165) is 24.5 Å². The van der Waals surface area contributed by atoms with Crippen LogP contribution >= 0.6 is 0 Å².